The fourth-order valence-electron chi connectivity index (χ4n) is 4.10. The quantitative estimate of drug-likeness (QED) is 0.369. The van der Waals surface area contributed by atoms with Crippen molar-refractivity contribution in [2.24, 2.45) is 5.92 Å². The van der Waals surface area contributed by atoms with Crippen LogP contribution in [0.4, 0.5) is 27.6 Å². The van der Waals surface area contributed by atoms with Gasteiger partial charge in [-0.3, -0.25) is 4.40 Å². The summed E-state index contributed by atoms with van der Waals surface area (Å²) in [6.07, 6.45) is 1.63. The van der Waals surface area contributed by atoms with Gasteiger partial charge in [-0.25, -0.2) is 9.37 Å². The van der Waals surface area contributed by atoms with Crippen LogP contribution in [-0.4, -0.2) is 33.3 Å². The lowest BCUT2D eigenvalue weighted by atomic mass is 9.85. The lowest BCUT2D eigenvalue weighted by Crippen LogP contribution is -2.19. The summed E-state index contributed by atoms with van der Waals surface area (Å²) in [6.45, 7) is 3.24. The highest BCUT2D eigenvalue weighted by atomic mass is 19.4. The van der Waals surface area contributed by atoms with Crippen molar-refractivity contribution >= 4 is 16.9 Å². The van der Waals surface area contributed by atoms with Gasteiger partial charge in [0.05, 0.1) is 36.3 Å². The Kier molecular flexibility index (Phi) is 6.84. The highest BCUT2D eigenvalue weighted by Crippen LogP contribution is 2.35. The lowest BCUT2D eigenvalue weighted by molar-refractivity contribution is -0.131. The second-order valence-corrected chi connectivity index (χ2v) is 8.50. The molecule has 2 atom stereocenters. The van der Waals surface area contributed by atoms with Crippen molar-refractivity contribution in [3.8, 4) is 11.5 Å². The Labute approximate surface area is 198 Å². The molecule has 1 aromatic carbocycles. The molecule has 1 aliphatic carbocycles. The number of ether oxygens (including phenoxy) is 1. The number of allylic oxidation sites excluding steroid dienone is 3. The van der Waals surface area contributed by atoms with Gasteiger partial charge in [-0.15, -0.1) is 0 Å². The number of aromatic nitrogens is 2. The Morgan fingerprint density at radius 1 is 1.29 bits per heavy atom. The van der Waals surface area contributed by atoms with E-state index in [1.165, 1.54) is 24.4 Å². The molecule has 2 N–H and O–H groups in total. The van der Waals surface area contributed by atoms with E-state index in [1.807, 2.05) is 19.1 Å². The van der Waals surface area contributed by atoms with Gasteiger partial charge < -0.3 is 15.2 Å². The molecule has 4 rings (SSSR count). The van der Waals surface area contributed by atoms with Crippen LogP contribution in [0, 0.1) is 17.6 Å². The number of nitrogens with zero attached hydrogens (tertiary/aromatic N) is 2. The normalized spacial score (nSPS) is 17.2. The molecule has 186 valence electrons. The molecule has 0 saturated carbocycles. The summed E-state index contributed by atoms with van der Waals surface area (Å²) in [7, 11) is 0. The Morgan fingerprint density at radius 2 is 2.06 bits per heavy atom. The van der Waals surface area contributed by atoms with Crippen LogP contribution in [-0.2, 0) is 0 Å². The van der Waals surface area contributed by atoms with Gasteiger partial charge >= 0.3 is 6.18 Å². The Hall–Kier alpha value is -3.40. The van der Waals surface area contributed by atoms with Crippen molar-refractivity contribution in [2.75, 3.05) is 11.9 Å². The minimum atomic E-state index is -4.35. The number of imidazole rings is 1. The molecular formula is C25H24F5N3O2. The number of alkyl halides is 3. The molecule has 0 spiro atoms. The number of nitrogens with one attached hydrogen (secondary N) is 1. The maximum absolute atomic E-state index is 14.2. The first-order valence-corrected chi connectivity index (χ1v) is 11.0. The van der Waals surface area contributed by atoms with Gasteiger partial charge in [0.1, 0.15) is 5.75 Å². The Balaban J connectivity index is 1.75. The van der Waals surface area contributed by atoms with Gasteiger partial charge in [0.15, 0.2) is 17.2 Å². The van der Waals surface area contributed by atoms with E-state index in [-0.39, 0.29) is 23.1 Å². The van der Waals surface area contributed by atoms with Crippen LogP contribution >= 0.6 is 0 Å². The van der Waals surface area contributed by atoms with E-state index < -0.39 is 36.9 Å². The van der Waals surface area contributed by atoms with E-state index in [2.05, 4.69) is 10.3 Å². The predicted octanol–water partition coefficient (Wildman–Crippen LogP) is 6.50. The molecule has 5 nitrogen and oxygen atoms in total. The van der Waals surface area contributed by atoms with E-state index in [0.717, 1.165) is 17.2 Å². The molecule has 1 aliphatic rings. The van der Waals surface area contributed by atoms with Crippen molar-refractivity contribution < 1.29 is 31.8 Å². The maximum Gasteiger partial charge on any atom is 0.390 e. The summed E-state index contributed by atoms with van der Waals surface area (Å²) < 4.78 is 73.1. The average Bonchev–Trinajstić information content (AvgIpc) is 3.20. The third kappa shape index (κ3) is 5.48. The zero-order chi connectivity index (χ0) is 25.3. The zero-order valence-electron chi connectivity index (χ0n) is 19.0. The van der Waals surface area contributed by atoms with E-state index >= 15 is 0 Å². The number of fused-ring (bicyclic) bond motifs is 1. The first-order chi connectivity index (χ1) is 16.5. The second kappa shape index (κ2) is 9.69. The van der Waals surface area contributed by atoms with E-state index in [1.54, 1.807) is 17.5 Å². The SMILES string of the molecule is CC1=CC(c2cnc3c(NCCC(F)(F)F)cc(Oc4cccc(F)c4F)cn23)=CCC1C(C)O. The first-order valence-electron chi connectivity index (χ1n) is 11.0. The van der Waals surface area contributed by atoms with Crippen LogP contribution in [0.25, 0.3) is 11.2 Å². The van der Waals surface area contributed by atoms with Crippen LogP contribution in [0.2, 0.25) is 0 Å². The summed E-state index contributed by atoms with van der Waals surface area (Å²) in [5.41, 5.74) is 3.01. The number of halogens is 5. The van der Waals surface area contributed by atoms with Gasteiger partial charge in [-0.1, -0.05) is 23.8 Å². The molecule has 0 bridgehead atoms. The van der Waals surface area contributed by atoms with Crippen LogP contribution < -0.4 is 10.1 Å². The minimum absolute atomic E-state index is 0.0209. The summed E-state index contributed by atoms with van der Waals surface area (Å²) >= 11 is 0. The summed E-state index contributed by atoms with van der Waals surface area (Å²) in [6, 6.07) is 4.89. The summed E-state index contributed by atoms with van der Waals surface area (Å²) in [5, 5.41) is 12.7. The van der Waals surface area contributed by atoms with E-state index in [9.17, 15) is 27.1 Å². The Morgan fingerprint density at radius 3 is 2.74 bits per heavy atom. The molecule has 3 aromatic rings. The second-order valence-electron chi connectivity index (χ2n) is 8.50. The van der Waals surface area contributed by atoms with Crippen LogP contribution in [0.1, 0.15) is 32.4 Å². The molecule has 2 unspecified atom stereocenters. The first kappa shape index (κ1) is 24.7. The largest absolute Gasteiger partial charge is 0.453 e. The molecule has 2 heterocycles. The molecule has 10 heteroatoms. The fourth-order valence-corrected chi connectivity index (χ4v) is 4.10. The van der Waals surface area contributed by atoms with Crippen molar-refractivity contribution in [1.29, 1.82) is 0 Å². The number of aliphatic hydroxyl groups is 1. The predicted molar refractivity (Wildman–Crippen MR) is 122 cm³/mol. The molecular weight excluding hydrogens is 469 g/mol. The van der Waals surface area contributed by atoms with Crippen molar-refractivity contribution in [2.45, 2.75) is 39.0 Å². The number of anilines is 1. The molecule has 0 amide bonds. The molecule has 0 saturated heterocycles. The standard InChI is InChI=1S/C25H24F5N3O2/c1-14-10-16(6-7-18(14)15(2)34)21-12-32-24-20(31-9-8-25(28,29)30)11-17(13-33(21)24)35-22-5-3-4-19(26)23(22)27/h3-6,10-13,15,18,31,34H,7-9H2,1-2H3. The summed E-state index contributed by atoms with van der Waals surface area (Å²) in [5.74, 6) is -2.57. The lowest BCUT2D eigenvalue weighted by Gasteiger charge is -2.24. The molecule has 0 radical (unpaired) electrons. The topological polar surface area (TPSA) is 58.8 Å². The summed E-state index contributed by atoms with van der Waals surface area (Å²) in [4.78, 5) is 4.38. The monoisotopic (exact) mass is 493 g/mol. The van der Waals surface area contributed by atoms with E-state index in [0.29, 0.717) is 17.8 Å². The zero-order valence-corrected chi connectivity index (χ0v) is 19.0. The van der Waals surface area contributed by atoms with Crippen LogP contribution in [0.3, 0.4) is 0 Å². The van der Waals surface area contributed by atoms with Gasteiger partial charge in [0.2, 0.25) is 5.82 Å². The molecule has 35 heavy (non-hydrogen) atoms. The third-order valence-corrected chi connectivity index (χ3v) is 5.89. The van der Waals surface area contributed by atoms with Crippen molar-refractivity contribution in [3.63, 3.8) is 0 Å². The minimum Gasteiger partial charge on any atom is -0.453 e. The molecule has 2 aromatic heterocycles. The molecule has 0 aliphatic heterocycles. The molecule has 0 fully saturated rings. The van der Waals surface area contributed by atoms with Crippen LogP contribution in [0.15, 0.2) is 54.4 Å². The number of benzene rings is 1. The maximum atomic E-state index is 14.2. The fraction of sp³-hybridized carbons (Fsp3) is 0.320. The van der Waals surface area contributed by atoms with Gasteiger partial charge in [-0.05, 0) is 38.0 Å². The number of pyridine rings is 1. The van der Waals surface area contributed by atoms with Crippen molar-refractivity contribution in [3.05, 3.63) is 71.7 Å². The number of rotatable bonds is 7. The highest BCUT2D eigenvalue weighted by molar-refractivity contribution is 5.79. The van der Waals surface area contributed by atoms with Gasteiger partial charge in [-0.2, -0.15) is 17.6 Å². The van der Waals surface area contributed by atoms with E-state index in [4.69, 9.17) is 4.74 Å². The third-order valence-electron chi connectivity index (χ3n) is 5.89. The number of aliphatic hydroxyl groups excluding tert-OH is 1. The number of hydrogen-bond acceptors (Lipinski definition) is 4. The number of hydrogen-bond donors (Lipinski definition) is 2. The average molecular weight is 493 g/mol. The smallest absolute Gasteiger partial charge is 0.390 e. The van der Waals surface area contributed by atoms with Crippen molar-refractivity contribution in [1.82, 2.24) is 9.38 Å². The van der Waals surface area contributed by atoms with Crippen LogP contribution in [0.5, 0.6) is 11.5 Å². The Bertz CT molecular complexity index is 1290. The highest BCUT2D eigenvalue weighted by Gasteiger charge is 2.27. The van der Waals surface area contributed by atoms with Gasteiger partial charge in [0.25, 0.3) is 0 Å². The van der Waals surface area contributed by atoms with Gasteiger partial charge in [0, 0.05) is 18.5 Å².